The molecule has 0 saturated carbocycles. The van der Waals surface area contributed by atoms with Gasteiger partial charge >= 0.3 is 0 Å². The molecule has 0 unspecified atom stereocenters. The van der Waals surface area contributed by atoms with Crippen molar-refractivity contribution in [1.29, 1.82) is 0 Å². The van der Waals surface area contributed by atoms with Gasteiger partial charge in [-0.05, 0) is 73.7 Å². The Balaban J connectivity index is 2.27. The molecule has 0 bridgehead atoms. The van der Waals surface area contributed by atoms with Crippen molar-refractivity contribution >= 4 is 35.2 Å². The smallest absolute Gasteiger partial charge is 0.0909 e. The third-order valence-corrected chi connectivity index (χ3v) is 4.30. The lowest BCUT2D eigenvalue weighted by Gasteiger charge is -2.12. The summed E-state index contributed by atoms with van der Waals surface area (Å²) in [5.41, 5.74) is 5.78. The van der Waals surface area contributed by atoms with Crippen molar-refractivity contribution < 1.29 is 0 Å². The van der Waals surface area contributed by atoms with Gasteiger partial charge in [-0.25, -0.2) is 4.99 Å². The fourth-order valence-corrected chi connectivity index (χ4v) is 2.94. The number of aliphatic imine (C=N–C) groups is 1. The molecule has 0 spiro atoms. The van der Waals surface area contributed by atoms with E-state index in [9.17, 15) is 0 Å². The van der Waals surface area contributed by atoms with Crippen molar-refractivity contribution in [2.24, 2.45) is 4.99 Å². The van der Waals surface area contributed by atoms with Crippen molar-refractivity contribution in [3.8, 4) is 0 Å². The predicted molar refractivity (Wildman–Crippen MR) is 102 cm³/mol. The van der Waals surface area contributed by atoms with Crippen LogP contribution < -0.4 is 0 Å². The summed E-state index contributed by atoms with van der Waals surface area (Å²) in [7, 11) is 2.02. The monoisotopic (exact) mass is 348 g/mol. The zero-order valence-corrected chi connectivity index (χ0v) is 15.5. The number of hydrogen-bond acceptors (Lipinski definition) is 1. The minimum Gasteiger partial charge on any atom is -0.366 e. The van der Waals surface area contributed by atoms with E-state index in [0.29, 0.717) is 10.0 Å². The molecular formula is C19H22Cl2N2. The summed E-state index contributed by atoms with van der Waals surface area (Å²) in [6.45, 7) is 7.24. The van der Waals surface area contributed by atoms with Crippen LogP contribution in [0, 0.1) is 13.8 Å². The average molecular weight is 349 g/mol. The molecule has 2 nitrogen and oxygen atoms in total. The fraction of sp³-hybridized carbons (Fsp3) is 0.316. The first-order chi connectivity index (χ1) is 10.9. The molecule has 2 aromatic carbocycles. The summed E-state index contributed by atoms with van der Waals surface area (Å²) in [5.74, 6) is 0. The molecule has 0 atom stereocenters. The van der Waals surface area contributed by atoms with E-state index in [4.69, 9.17) is 23.2 Å². The first kappa shape index (κ1) is 17.8. The van der Waals surface area contributed by atoms with Gasteiger partial charge in [0.05, 0.1) is 12.0 Å². The number of aryl methyl sites for hydroxylation is 2. The number of nitrogens with zero attached hydrogens (tertiary/aromatic N) is 2. The standard InChI is InChI=1S/C19H22Cl2N2/c1-5-23(4)12-22-19-7-13(2)16(6-14(19)3)8-15-9-17(20)11-18(21)10-15/h6-7,9-12H,5,8H2,1-4H3. The van der Waals surface area contributed by atoms with Gasteiger partial charge in [-0.1, -0.05) is 29.3 Å². The number of rotatable bonds is 5. The zero-order chi connectivity index (χ0) is 17.0. The summed E-state index contributed by atoms with van der Waals surface area (Å²) in [6, 6.07) is 10.0. The van der Waals surface area contributed by atoms with E-state index in [1.54, 1.807) is 6.07 Å². The third kappa shape index (κ3) is 4.98. The highest BCUT2D eigenvalue weighted by Gasteiger charge is 2.06. The third-order valence-electron chi connectivity index (χ3n) is 3.86. The van der Waals surface area contributed by atoms with E-state index in [2.05, 4.69) is 42.8 Å². The van der Waals surface area contributed by atoms with Gasteiger partial charge in [-0.15, -0.1) is 0 Å². The molecule has 0 saturated heterocycles. The maximum absolute atomic E-state index is 6.09. The summed E-state index contributed by atoms with van der Waals surface area (Å²) < 4.78 is 0. The second-order valence-corrected chi connectivity index (χ2v) is 6.71. The van der Waals surface area contributed by atoms with Crippen LogP contribution in [0.3, 0.4) is 0 Å². The summed E-state index contributed by atoms with van der Waals surface area (Å²) >= 11 is 12.2. The summed E-state index contributed by atoms with van der Waals surface area (Å²) in [5, 5.41) is 1.34. The van der Waals surface area contributed by atoms with Crippen molar-refractivity contribution in [3.63, 3.8) is 0 Å². The molecule has 23 heavy (non-hydrogen) atoms. The average Bonchev–Trinajstić information content (AvgIpc) is 2.47. The molecular weight excluding hydrogens is 327 g/mol. The van der Waals surface area contributed by atoms with Crippen LogP contribution in [0.5, 0.6) is 0 Å². The van der Waals surface area contributed by atoms with E-state index in [0.717, 1.165) is 24.2 Å². The number of benzene rings is 2. The highest BCUT2D eigenvalue weighted by molar-refractivity contribution is 6.34. The van der Waals surface area contributed by atoms with Gasteiger partial charge < -0.3 is 4.90 Å². The van der Waals surface area contributed by atoms with Crippen LogP contribution in [0.1, 0.15) is 29.2 Å². The quantitative estimate of drug-likeness (QED) is 0.491. The van der Waals surface area contributed by atoms with Crippen LogP contribution in [0.4, 0.5) is 5.69 Å². The van der Waals surface area contributed by atoms with Crippen LogP contribution in [0.25, 0.3) is 0 Å². The summed E-state index contributed by atoms with van der Waals surface area (Å²) in [6.07, 6.45) is 2.68. The SMILES string of the molecule is CCN(C)C=Nc1cc(C)c(Cc2cc(Cl)cc(Cl)c2)cc1C. The molecule has 0 N–H and O–H groups in total. The van der Waals surface area contributed by atoms with E-state index >= 15 is 0 Å². The van der Waals surface area contributed by atoms with Crippen molar-refractivity contribution in [3.05, 3.63) is 62.6 Å². The zero-order valence-electron chi connectivity index (χ0n) is 14.0. The van der Waals surface area contributed by atoms with Crippen molar-refractivity contribution in [2.45, 2.75) is 27.2 Å². The molecule has 0 radical (unpaired) electrons. The first-order valence-corrected chi connectivity index (χ1v) is 8.44. The molecule has 0 aromatic heterocycles. The van der Waals surface area contributed by atoms with E-state index < -0.39 is 0 Å². The van der Waals surface area contributed by atoms with E-state index in [-0.39, 0.29) is 0 Å². The van der Waals surface area contributed by atoms with Gasteiger partial charge in [-0.3, -0.25) is 0 Å². The van der Waals surface area contributed by atoms with Gasteiger partial charge in [0.2, 0.25) is 0 Å². The molecule has 0 aliphatic rings. The Kier molecular flexibility index (Phi) is 6.09. The van der Waals surface area contributed by atoms with Crippen molar-refractivity contribution in [1.82, 2.24) is 4.90 Å². The van der Waals surface area contributed by atoms with E-state index in [1.807, 2.05) is 25.5 Å². The maximum Gasteiger partial charge on any atom is 0.0909 e. The Bertz CT molecular complexity index is 703. The Hall–Kier alpha value is -1.51. The van der Waals surface area contributed by atoms with Gasteiger partial charge in [0.25, 0.3) is 0 Å². The number of hydrogen-bond donors (Lipinski definition) is 0. The highest BCUT2D eigenvalue weighted by Crippen LogP contribution is 2.27. The fourth-order valence-electron chi connectivity index (χ4n) is 2.37. The Morgan fingerprint density at radius 1 is 1.00 bits per heavy atom. The molecule has 2 aromatic rings. The minimum absolute atomic E-state index is 0.672. The highest BCUT2D eigenvalue weighted by atomic mass is 35.5. The molecule has 0 fully saturated rings. The lowest BCUT2D eigenvalue weighted by atomic mass is 9.97. The lowest BCUT2D eigenvalue weighted by molar-refractivity contribution is 0.552. The first-order valence-electron chi connectivity index (χ1n) is 7.68. The number of halogens is 2. The topological polar surface area (TPSA) is 15.6 Å². The van der Waals surface area contributed by atoms with Gasteiger partial charge in [-0.2, -0.15) is 0 Å². The minimum atomic E-state index is 0.672. The van der Waals surface area contributed by atoms with Crippen molar-refractivity contribution in [2.75, 3.05) is 13.6 Å². The molecule has 0 heterocycles. The second kappa shape index (κ2) is 7.85. The largest absolute Gasteiger partial charge is 0.366 e. The maximum atomic E-state index is 6.09. The molecule has 122 valence electrons. The Morgan fingerprint density at radius 3 is 2.26 bits per heavy atom. The Morgan fingerprint density at radius 2 is 1.65 bits per heavy atom. The van der Waals surface area contributed by atoms with Gasteiger partial charge in [0.1, 0.15) is 0 Å². The van der Waals surface area contributed by atoms with Crippen LogP contribution in [-0.4, -0.2) is 24.8 Å². The molecule has 0 aliphatic carbocycles. The Labute approximate surface area is 148 Å². The normalized spacial score (nSPS) is 11.2. The van der Waals surface area contributed by atoms with Crippen LogP contribution in [-0.2, 0) is 6.42 Å². The molecule has 0 aliphatic heterocycles. The van der Waals surface area contributed by atoms with E-state index in [1.165, 1.54) is 16.7 Å². The second-order valence-electron chi connectivity index (χ2n) is 5.84. The van der Waals surface area contributed by atoms with Crippen LogP contribution in [0.15, 0.2) is 35.3 Å². The predicted octanol–water partition coefficient (Wildman–Crippen LogP) is 5.81. The van der Waals surface area contributed by atoms with Crippen LogP contribution >= 0.6 is 23.2 Å². The lowest BCUT2D eigenvalue weighted by Crippen LogP contribution is -2.14. The van der Waals surface area contributed by atoms with Gasteiger partial charge in [0.15, 0.2) is 0 Å². The molecule has 0 amide bonds. The molecule has 4 heteroatoms. The van der Waals surface area contributed by atoms with Gasteiger partial charge in [0, 0.05) is 23.6 Å². The van der Waals surface area contributed by atoms with Crippen LogP contribution in [0.2, 0.25) is 10.0 Å². The summed E-state index contributed by atoms with van der Waals surface area (Å²) in [4.78, 5) is 6.62. The molecule has 2 rings (SSSR count).